The second kappa shape index (κ2) is 5.64. The van der Waals surface area contributed by atoms with Gasteiger partial charge >= 0.3 is 0 Å². The molecule has 1 amide bonds. The summed E-state index contributed by atoms with van der Waals surface area (Å²) in [5.74, 6) is 0.278. The summed E-state index contributed by atoms with van der Waals surface area (Å²) in [5, 5.41) is 0. The predicted molar refractivity (Wildman–Crippen MR) is 80.1 cm³/mol. The number of nitrogen functional groups attached to an aromatic ring is 1. The van der Waals surface area contributed by atoms with Crippen LogP contribution < -0.4 is 10.6 Å². The van der Waals surface area contributed by atoms with Gasteiger partial charge in [-0.2, -0.15) is 0 Å². The van der Waals surface area contributed by atoms with Crippen molar-refractivity contribution in [2.24, 2.45) is 5.41 Å². The van der Waals surface area contributed by atoms with Gasteiger partial charge in [-0.05, 0) is 44.4 Å². The lowest BCUT2D eigenvalue weighted by Gasteiger charge is -2.33. The number of carbonyl (C=O) groups excluding carboxylic acids is 1. The van der Waals surface area contributed by atoms with E-state index in [2.05, 4.69) is 6.92 Å². The maximum atomic E-state index is 12.9. The van der Waals surface area contributed by atoms with Crippen LogP contribution in [-0.2, 0) is 4.79 Å². The van der Waals surface area contributed by atoms with E-state index in [1.807, 2.05) is 36.1 Å². The minimum Gasteiger partial charge on any atom is -0.399 e. The van der Waals surface area contributed by atoms with Gasteiger partial charge in [0.1, 0.15) is 0 Å². The standard InChI is InChI=1S/C16H24N2O/c1-3-16(10-5-6-11-16)15(19)18(4-2)14-9-7-8-13(17)12-14/h7-9,12H,3-6,10-11,17H2,1-2H3. The molecule has 0 saturated heterocycles. The molecule has 1 fully saturated rings. The Hall–Kier alpha value is -1.51. The molecule has 3 nitrogen and oxygen atoms in total. The Morgan fingerprint density at radius 2 is 2.00 bits per heavy atom. The third-order valence-corrected chi connectivity index (χ3v) is 4.43. The molecule has 3 heteroatoms. The van der Waals surface area contributed by atoms with E-state index in [0.29, 0.717) is 12.2 Å². The maximum Gasteiger partial charge on any atom is 0.233 e. The van der Waals surface area contributed by atoms with Crippen molar-refractivity contribution >= 4 is 17.3 Å². The third kappa shape index (κ3) is 2.60. The van der Waals surface area contributed by atoms with E-state index in [-0.39, 0.29) is 11.3 Å². The molecule has 19 heavy (non-hydrogen) atoms. The van der Waals surface area contributed by atoms with E-state index in [4.69, 9.17) is 5.73 Å². The summed E-state index contributed by atoms with van der Waals surface area (Å²) in [7, 11) is 0. The minimum absolute atomic E-state index is 0.138. The van der Waals surface area contributed by atoms with E-state index < -0.39 is 0 Å². The average molecular weight is 260 g/mol. The van der Waals surface area contributed by atoms with Gasteiger partial charge in [-0.1, -0.05) is 25.8 Å². The minimum atomic E-state index is -0.138. The molecule has 2 N–H and O–H groups in total. The van der Waals surface area contributed by atoms with E-state index >= 15 is 0 Å². The monoisotopic (exact) mass is 260 g/mol. The SMILES string of the molecule is CCN(C(=O)C1(CC)CCCC1)c1cccc(N)c1. The lowest BCUT2D eigenvalue weighted by atomic mass is 9.81. The Morgan fingerprint density at radius 1 is 1.32 bits per heavy atom. The van der Waals surface area contributed by atoms with Crippen LogP contribution in [0.15, 0.2) is 24.3 Å². The molecule has 1 aromatic carbocycles. The van der Waals surface area contributed by atoms with Gasteiger partial charge in [0.15, 0.2) is 0 Å². The van der Waals surface area contributed by atoms with Crippen molar-refractivity contribution in [3.63, 3.8) is 0 Å². The van der Waals surface area contributed by atoms with Crippen molar-refractivity contribution < 1.29 is 4.79 Å². The fourth-order valence-corrected chi connectivity index (χ4v) is 3.19. The smallest absolute Gasteiger partial charge is 0.233 e. The summed E-state index contributed by atoms with van der Waals surface area (Å²) >= 11 is 0. The highest BCUT2D eigenvalue weighted by molar-refractivity contribution is 5.98. The van der Waals surface area contributed by atoms with E-state index in [9.17, 15) is 4.79 Å². The van der Waals surface area contributed by atoms with Crippen LogP contribution >= 0.6 is 0 Å². The number of nitrogens with two attached hydrogens (primary N) is 1. The van der Waals surface area contributed by atoms with Gasteiger partial charge in [0, 0.05) is 23.3 Å². The van der Waals surface area contributed by atoms with Crippen molar-refractivity contribution in [2.75, 3.05) is 17.2 Å². The molecule has 0 atom stereocenters. The summed E-state index contributed by atoms with van der Waals surface area (Å²) in [6.45, 7) is 4.86. The summed E-state index contributed by atoms with van der Waals surface area (Å²) in [5.41, 5.74) is 7.33. The molecule has 1 saturated carbocycles. The van der Waals surface area contributed by atoms with Crippen LogP contribution in [0.1, 0.15) is 46.0 Å². The fourth-order valence-electron chi connectivity index (χ4n) is 3.19. The van der Waals surface area contributed by atoms with Gasteiger partial charge in [-0.25, -0.2) is 0 Å². The predicted octanol–water partition coefficient (Wildman–Crippen LogP) is 3.59. The van der Waals surface area contributed by atoms with Crippen LogP contribution in [-0.4, -0.2) is 12.5 Å². The molecule has 0 aliphatic heterocycles. The second-order valence-electron chi connectivity index (χ2n) is 5.49. The molecule has 0 spiro atoms. The molecule has 2 rings (SSSR count). The molecule has 104 valence electrons. The van der Waals surface area contributed by atoms with Crippen LogP contribution in [0, 0.1) is 5.41 Å². The quantitative estimate of drug-likeness (QED) is 0.841. The largest absolute Gasteiger partial charge is 0.399 e. The topological polar surface area (TPSA) is 46.3 Å². The fraction of sp³-hybridized carbons (Fsp3) is 0.562. The molecule has 1 aliphatic rings. The van der Waals surface area contributed by atoms with Crippen LogP contribution in [0.25, 0.3) is 0 Å². The maximum absolute atomic E-state index is 12.9. The summed E-state index contributed by atoms with van der Waals surface area (Å²) < 4.78 is 0. The number of hydrogen-bond acceptors (Lipinski definition) is 2. The average Bonchev–Trinajstić information content (AvgIpc) is 2.89. The van der Waals surface area contributed by atoms with Crippen molar-refractivity contribution in [3.05, 3.63) is 24.3 Å². The first-order chi connectivity index (χ1) is 9.13. The van der Waals surface area contributed by atoms with Crippen LogP contribution in [0.5, 0.6) is 0 Å². The van der Waals surface area contributed by atoms with Gasteiger partial charge in [0.25, 0.3) is 0 Å². The lowest BCUT2D eigenvalue weighted by molar-refractivity contribution is -0.128. The van der Waals surface area contributed by atoms with Crippen molar-refractivity contribution in [3.8, 4) is 0 Å². The molecular formula is C16H24N2O. The normalized spacial score (nSPS) is 17.4. The van der Waals surface area contributed by atoms with Gasteiger partial charge in [-0.15, -0.1) is 0 Å². The third-order valence-electron chi connectivity index (χ3n) is 4.43. The van der Waals surface area contributed by atoms with Gasteiger partial charge in [0.2, 0.25) is 5.91 Å². The number of rotatable bonds is 4. The Bertz CT molecular complexity index is 450. The number of anilines is 2. The first-order valence-electron chi connectivity index (χ1n) is 7.30. The summed E-state index contributed by atoms with van der Waals surface area (Å²) in [6, 6.07) is 7.62. The van der Waals surface area contributed by atoms with Crippen LogP contribution in [0.3, 0.4) is 0 Å². The van der Waals surface area contributed by atoms with Gasteiger partial charge in [-0.3, -0.25) is 4.79 Å². The van der Waals surface area contributed by atoms with Crippen molar-refractivity contribution in [2.45, 2.75) is 46.0 Å². The zero-order valence-electron chi connectivity index (χ0n) is 12.0. The number of amides is 1. The Labute approximate surface area is 115 Å². The lowest BCUT2D eigenvalue weighted by Crippen LogP contribution is -2.42. The first-order valence-corrected chi connectivity index (χ1v) is 7.30. The molecule has 0 radical (unpaired) electrons. The number of carbonyl (C=O) groups is 1. The summed E-state index contributed by atoms with van der Waals surface area (Å²) in [4.78, 5) is 14.8. The summed E-state index contributed by atoms with van der Waals surface area (Å²) in [6.07, 6.45) is 5.34. The van der Waals surface area contributed by atoms with E-state index in [1.54, 1.807) is 0 Å². The van der Waals surface area contributed by atoms with E-state index in [1.165, 1.54) is 12.8 Å². The highest BCUT2D eigenvalue weighted by Gasteiger charge is 2.41. The molecule has 1 aromatic rings. The Morgan fingerprint density at radius 3 is 2.53 bits per heavy atom. The number of nitrogens with zero attached hydrogens (tertiary/aromatic N) is 1. The Kier molecular flexibility index (Phi) is 4.13. The highest BCUT2D eigenvalue weighted by Crippen LogP contribution is 2.43. The molecule has 0 aromatic heterocycles. The number of hydrogen-bond donors (Lipinski definition) is 1. The first kappa shape index (κ1) is 13.9. The second-order valence-corrected chi connectivity index (χ2v) is 5.49. The molecule has 1 aliphatic carbocycles. The number of benzene rings is 1. The zero-order chi connectivity index (χ0) is 13.9. The van der Waals surface area contributed by atoms with Crippen LogP contribution in [0.2, 0.25) is 0 Å². The molecule has 0 heterocycles. The van der Waals surface area contributed by atoms with Crippen molar-refractivity contribution in [1.29, 1.82) is 0 Å². The van der Waals surface area contributed by atoms with Crippen molar-refractivity contribution in [1.82, 2.24) is 0 Å². The Balaban J connectivity index is 2.29. The van der Waals surface area contributed by atoms with Gasteiger partial charge in [0.05, 0.1) is 0 Å². The molecule has 0 bridgehead atoms. The highest BCUT2D eigenvalue weighted by atomic mass is 16.2. The zero-order valence-corrected chi connectivity index (χ0v) is 12.0. The molecule has 0 unspecified atom stereocenters. The van der Waals surface area contributed by atoms with E-state index in [0.717, 1.165) is 24.9 Å². The molecular weight excluding hydrogens is 236 g/mol. The van der Waals surface area contributed by atoms with Gasteiger partial charge < -0.3 is 10.6 Å². The van der Waals surface area contributed by atoms with Crippen LogP contribution in [0.4, 0.5) is 11.4 Å².